The van der Waals surface area contributed by atoms with Crippen LogP contribution in [0.1, 0.15) is 6.42 Å². The molecular weight excluding hydrogens is 242 g/mol. The van der Waals surface area contributed by atoms with Crippen LogP contribution in [0, 0.1) is 11.8 Å². The summed E-state index contributed by atoms with van der Waals surface area (Å²) in [5, 5.41) is 0. The number of ether oxygens (including phenoxy) is 1. The van der Waals surface area contributed by atoms with Crippen LogP contribution in [0.5, 0.6) is 5.75 Å². The highest BCUT2D eigenvalue weighted by Gasteiger charge is 2.36. The number of halogens is 1. The van der Waals surface area contributed by atoms with Gasteiger partial charge in [0.05, 0.1) is 11.1 Å². The first kappa shape index (κ1) is 9.99. The lowest BCUT2D eigenvalue weighted by molar-refractivity contribution is 0.290. The molecule has 1 fully saturated rings. The lowest BCUT2D eigenvalue weighted by Gasteiger charge is -2.06. The first-order chi connectivity index (χ1) is 6.81. The van der Waals surface area contributed by atoms with Crippen LogP contribution in [0.3, 0.4) is 0 Å². The van der Waals surface area contributed by atoms with E-state index in [-0.39, 0.29) is 0 Å². The number of hydrogen-bond donors (Lipinski definition) is 1. The predicted octanol–water partition coefficient (Wildman–Crippen LogP) is 2.42. The van der Waals surface area contributed by atoms with E-state index in [4.69, 9.17) is 10.5 Å². The minimum atomic E-state index is 0.673. The summed E-state index contributed by atoms with van der Waals surface area (Å²) in [5.74, 6) is 2.29. The third-order valence-corrected chi connectivity index (χ3v) is 3.32. The van der Waals surface area contributed by atoms with Gasteiger partial charge in [0.2, 0.25) is 0 Å². The Hall–Kier alpha value is -0.540. The molecule has 76 valence electrons. The topological polar surface area (TPSA) is 35.2 Å². The van der Waals surface area contributed by atoms with Crippen LogP contribution in [-0.4, -0.2) is 13.2 Å². The number of nitrogens with two attached hydrogens (primary N) is 1. The smallest absolute Gasteiger partial charge is 0.133 e. The Balaban J connectivity index is 1.84. The van der Waals surface area contributed by atoms with E-state index < -0.39 is 0 Å². The van der Waals surface area contributed by atoms with Gasteiger partial charge in [0.25, 0.3) is 0 Å². The van der Waals surface area contributed by atoms with Crippen molar-refractivity contribution in [2.75, 3.05) is 13.2 Å². The molecule has 0 amide bonds. The van der Waals surface area contributed by atoms with Gasteiger partial charge in [-0.2, -0.15) is 0 Å². The molecule has 0 aromatic heterocycles. The first-order valence-electron chi connectivity index (χ1n) is 4.88. The van der Waals surface area contributed by atoms with E-state index in [0.717, 1.165) is 23.4 Å². The maximum atomic E-state index is 5.69. The Bertz CT molecular complexity index is 316. The van der Waals surface area contributed by atoms with Gasteiger partial charge in [0.15, 0.2) is 0 Å². The van der Waals surface area contributed by atoms with E-state index in [1.807, 2.05) is 24.3 Å². The van der Waals surface area contributed by atoms with Gasteiger partial charge >= 0.3 is 0 Å². The Labute approximate surface area is 92.6 Å². The van der Waals surface area contributed by atoms with E-state index in [2.05, 4.69) is 15.9 Å². The second-order valence-electron chi connectivity index (χ2n) is 3.73. The van der Waals surface area contributed by atoms with E-state index in [0.29, 0.717) is 11.8 Å². The summed E-state index contributed by atoms with van der Waals surface area (Å²) < 4.78 is 6.71. The quantitative estimate of drug-likeness (QED) is 0.897. The number of para-hydroxylation sites is 1. The summed E-state index contributed by atoms with van der Waals surface area (Å²) in [7, 11) is 0. The van der Waals surface area contributed by atoms with Gasteiger partial charge in [0.1, 0.15) is 5.75 Å². The van der Waals surface area contributed by atoms with Gasteiger partial charge in [-0.3, -0.25) is 0 Å². The minimum Gasteiger partial charge on any atom is -0.492 e. The zero-order valence-corrected chi connectivity index (χ0v) is 9.53. The first-order valence-corrected chi connectivity index (χ1v) is 5.68. The Morgan fingerprint density at radius 1 is 1.36 bits per heavy atom. The third-order valence-electron chi connectivity index (χ3n) is 2.66. The highest BCUT2D eigenvalue weighted by molar-refractivity contribution is 9.10. The fourth-order valence-electron chi connectivity index (χ4n) is 1.56. The molecule has 2 unspecified atom stereocenters. The Kier molecular flexibility index (Phi) is 3.08. The zero-order chi connectivity index (χ0) is 9.97. The van der Waals surface area contributed by atoms with Crippen molar-refractivity contribution < 1.29 is 4.74 Å². The van der Waals surface area contributed by atoms with E-state index in [1.165, 1.54) is 6.42 Å². The summed E-state index contributed by atoms with van der Waals surface area (Å²) in [6.07, 6.45) is 1.22. The number of rotatable bonds is 4. The Morgan fingerprint density at radius 3 is 2.79 bits per heavy atom. The zero-order valence-electron chi connectivity index (χ0n) is 7.95. The normalized spacial score (nSPS) is 24.7. The Morgan fingerprint density at radius 2 is 2.14 bits per heavy atom. The van der Waals surface area contributed by atoms with Crippen LogP contribution < -0.4 is 10.5 Å². The van der Waals surface area contributed by atoms with Crippen LogP contribution in [-0.2, 0) is 0 Å². The summed E-state index contributed by atoms with van der Waals surface area (Å²) in [6.45, 7) is 1.59. The van der Waals surface area contributed by atoms with Crippen molar-refractivity contribution in [3.05, 3.63) is 28.7 Å². The minimum absolute atomic E-state index is 0.673. The molecule has 0 bridgehead atoms. The largest absolute Gasteiger partial charge is 0.492 e. The van der Waals surface area contributed by atoms with Crippen LogP contribution in [0.25, 0.3) is 0 Å². The van der Waals surface area contributed by atoms with Crippen LogP contribution >= 0.6 is 15.9 Å². The van der Waals surface area contributed by atoms with Crippen LogP contribution in [0.15, 0.2) is 28.7 Å². The molecule has 2 N–H and O–H groups in total. The third kappa shape index (κ3) is 2.28. The molecular formula is C11H14BrNO. The molecule has 2 rings (SSSR count). The van der Waals surface area contributed by atoms with E-state index in [9.17, 15) is 0 Å². The van der Waals surface area contributed by atoms with Crippen molar-refractivity contribution in [3.8, 4) is 5.75 Å². The monoisotopic (exact) mass is 255 g/mol. The lowest BCUT2D eigenvalue weighted by Crippen LogP contribution is -2.07. The molecule has 0 heterocycles. The molecule has 1 aliphatic carbocycles. The average Bonchev–Trinajstić information content (AvgIpc) is 2.95. The summed E-state index contributed by atoms with van der Waals surface area (Å²) in [5.41, 5.74) is 5.56. The van der Waals surface area contributed by atoms with Crippen LogP contribution in [0.4, 0.5) is 0 Å². The molecule has 1 aromatic carbocycles. The highest BCUT2D eigenvalue weighted by Crippen LogP contribution is 2.38. The molecule has 1 aliphatic rings. The second-order valence-corrected chi connectivity index (χ2v) is 4.59. The van der Waals surface area contributed by atoms with Crippen molar-refractivity contribution >= 4 is 15.9 Å². The van der Waals surface area contributed by atoms with Gasteiger partial charge in [-0.15, -0.1) is 0 Å². The van der Waals surface area contributed by atoms with E-state index in [1.54, 1.807) is 0 Å². The average molecular weight is 256 g/mol. The van der Waals surface area contributed by atoms with Gasteiger partial charge in [-0.25, -0.2) is 0 Å². The van der Waals surface area contributed by atoms with Gasteiger partial charge in [-0.1, -0.05) is 12.1 Å². The van der Waals surface area contributed by atoms with Gasteiger partial charge in [0, 0.05) is 0 Å². The fourth-order valence-corrected chi connectivity index (χ4v) is 1.96. The van der Waals surface area contributed by atoms with Crippen LogP contribution in [0.2, 0.25) is 0 Å². The predicted molar refractivity (Wildman–Crippen MR) is 60.3 cm³/mol. The number of benzene rings is 1. The standard InChI is InChI=1S/C11H14BrNO/c12-10-3-1-2-4-11(10)14-7-9-5-8(9)6-13/h1-4,8-9H,5-7,13H2. The van der Waals surface area contributed by atoms with Crippen molar-refractivity contribution in [2.45, 2.75) is 6.42 Å². The maximum absolute atomic E-state index is 5.69. The van der Waals surface area contributed by atoms with Crippen molar-refractivity contribution in [2.24, 2.45) is 17.6 Å². The van der Waals surface area contributed by atoms with Crippen molar-refractivity contribution in [3.63, 3.8) is 0 Å². The molecule has 3 heteroatoms. The van der Waals surface area contributed by atoms with Crippen molar-refractivity contribution in [1.82, 2.24) is 0 Å². The lowest BCUT2D eigenvalue weighted by atomic mass is 10.3. The molecule has 1 aromatic rings. The molecule has 0 spiro atoms. The summed E-state index contributed by atoms with van der Waals surface area (Å²) in [4.78, 5) is 0. The SMILES string of the molecule is NCC1CC1COc1ccccc1Br. The molecule has 14 heavy (non-hydrogen) atoms. The molecule has 1 saturated carbocycles. The molecule has 2 nitrogen and oxygen atoms in total. The molecule has 0 saturated heterocycles. The van der Waals surface area contributed by atoms with Gasteiger partial charge in [-0.05, 0) is 52.9 Å². The highest BCUT2D eigenvalue weighted by atomic mass is 79.9. The van der Waals surface area contributed by atoms with E-state index >= 15 is 0 Å². The molecule has 2 atom stereocenters. The molecule has 0 aliphatic heterocycles. The fraction of sp³-hybridized carbons (Fsp3) is 0.455. The van der Waals surface area contributed by atoms with Gasteiger partial charge < -0.3 is 10.5 Å². The number of hydrogen-bond acceptors (Lipinski definition) is 2. The summed E-state index contributed by atoms with van der Waals surface area (Å²) >= 11 is 3.45. The second kappa shape index (κ2) is 4.32. The van der Waals surface area contributed by atoms with Crippen molar-refractivity contribution in [1.29, 1.82) is 0 Å². The summed E-state index contributed by atoms with van der Waals surface area (Å²) in [6, 6.07) is 7.93. The molecule has 0 radical (unpaired) electrons. The maximum Gasteiger partial charge on any atom is 0.133 e.